The zero-order chi connectivity index (χ0) is 30.2. The van der Waals surface area contributed by atoms with Gasteiger partial charge >= 0.3 is 0 Å². The quantitative estimate of drug-likeness (QED) is 0.174. The Bertz CT molecular complexity index is 2040. The smallest absolute Gasteiger partial charge is 0.130 e. The summed E-state index contributed by atoms with van der Waals surface area (Å²) in [7, 11) is 0. The third kappa shape index (κ3) is 4.99. The van der Waals surface area contributed by atoms with E-state index in [2.05, 4.69) is 27.1 Å². The maximum Gasteiger partial charge on any atom is 0.130 e. The molecule has 0 N–H and O–H groups in total. The molecule has 38 heavy (non-hydrogen) atoms. The maximum atomic E-state index is 7.49. The molecule has 0 spiro atoms. The van der Waals surface area contributed by atoms with Crippen LogP contribution in [0.5, 0.6) is 0 Å². The molecule has 0 aliphatic rings. The summed E-state index contributed by atoms with van der Waals surface area (Å²) in [5.41, 5.74) is 5.71. The van der Waals surface area contributed by atoms with Crippen LogP contribution in [-0.4, -0.2) is 15.0 Å². The fraction of sp³-hybridized carbons (Fsp3) is 0.0606. The number of fused-ring (bicyclic) bond motifs is 5. The molecule has 4 aromatic heterocycles. The Balaban J connectivity index is 0.000000194. The van der Waals surface area contributed by atoms with Crippen molar-refractivity contribution in [3.8, 4) is 22.5 Å². The number of benzene rings is 3. The molecule has 0 atom stereocenters. The molecule has 3 aromatic carbocycles. The first kappa shape index (κ1) is 19.0. The number of aromatic nitrogens is 3. The summed E-state index contributed by atoms with van der Waals surface area (Å²) in [5.74, 6) is 0. The van der Waals surface area contributed by atoms with Gasteiger partial charge in [-0.15, -0.1) is 54.1 Å². The van der Waals surface area contributed by atoms with Crippen LogP contribution in [0.3, 0.4) is 0 Å². The third-order valence-electron chi connectivity index (χ3n) is 5.95. The minimum Gasteiger partial charge on any atom is -0.500 e. The molecule has 0 aliphatic carbocycles. The Morgan fingerprint density at radius 1 is 0.658 bits per heavy atom. The summed E-state index contributed by atoms with van der Waals surface area (Å²) < 4.78 is 50.4. The van der Waals surface area contributed by atoms with Crippen LogP contribution in [0.1, 0.15) is 19.4 Å². The minimum absolute atomic E-state index is 0. The van der Waals surface area contributed by atoms with Crippen molar-refractivity contribution >= 4 is 32.8 Å². The van der Waals surface area contributed by atoms with Crippen molar-refractivity contribution in [1.29, 1.82) is 0 Å². The van der Waals surface area contributed by atoms with Gasteiger partial charge < -0.3 is 14.4 Å². The van der Waals surface area contributed by atoms with Gasteiger partial charge in [-0.05, 0) is 60.5 Å². The molecule has 0 saturated carbocycles. The molecular formula is C33H23IrN3O-2. The Morgan fingerprint density at radius 2 is 1.45 bits per heavy atom. The summed E-state index contributed by atoms with van der Waals surface area (Å²) in [6.45, 7) is -4.27. The van der Waals surface area contributed by atoms with Gasteiger partial charge in [0.1, 0.15) is 5.58 Å². The van der Waals surface area contributed by atoms with Crippen molar-refractivity contribution in [2.24, 2.45) is 0 Å². The van der Waals surface area contributed by atoms with E-state index in [1.165, 1.54) is 12.4 Å². The number of hydrogen-bond donors (Lipinski definition) is 0. The molecule has 0 aliphatic heterocycles. The first-order valence-corrected chi connectivity index (χ1v) is 11.6. The number of rotatable bonds is 2. The molecule has 4 nitrogen and oxygen atoms in total. The standard InChI is InChI=1S/C21H13N2O.C12H10N.Ir/c1-13-7-9-19(23-12-13)16-5-2-4-14-15-8-10-18-17(6-3-11-22-18)21(15)24-20(14)16;1-10-7-8-12(13-9-10)11-5-3-2-4-6-11;/h2-4,6-12H,1H3;2-5,7-9H,1H3;/q2*-1;/i2*1D3;. The van der Waals surface area contributed by atoms with Crippen molar-refractivity contribution in [2.45, 2.75) is 13.7 Å². The second-order valence-electron chi connectivity index (χ2n) is 8.35. The normalized spacial score (nSPS) is 13.7. The van der Waals surface area contributed by atoms with E-state index < -0.39 is 13.7 Å². The van der Waals surface area contributed by atoms with E-state index in [0.717, 1.165) is 38.5 Å². The van der Waals surface area contributed by atoms with Crippen LogP contribution < -0.4 is 0 Å². The average Bonchev–Trinajstić information content (AvgIpc) is 3.41. The monoisotopic (exact) mass is 676 g/mol. The largest absolute Gasteiger partial charge is 0.500 e. The van der Waals surface area contributed by atoms with Gasteiger partial charge in [0.25, 0.3) is 0 Å². The zero-order valence-corrected chi connectivity index (χ0v) is 22.3. The summed E-state index contributed by atoms with van der Waals surface area (Å²) in [6.07, 6.45) is 4.53. The van der Waals surface area contributed by atoms with E-state index in [4.69, 9.17) is 12.6 Å². The molecule has 7 rings (SSSR count). The van der Waals surface area contributed by atoms with Gasteiger partial charge in [0.05, 0.1) is 11.1 Å². The Hall–Kier alpha value is -4.18. The average molecular weight is 676 g/mol. The van der Waals surface area contributed by atoms with E-state index in [1.807, 2.05) is 54.6 Å². The minimum atomic E-state index is -2.17. The number of hydrogen-bond acceptors (Lipinski definition) is 4. The molecular weight excluding hydrogens is 647 g/mol. The van der Waals surface area contributed by atoms with Gasteiger partial charge in [0.2, 0.25) is 0 Å². The Morgan fingerprint density at radius 3 is 2.16 bits per heavy atom. The van der Waals surface area contributed by atoms with Gasteiger partial charge in [0.15, 0.2) is 0 Å². The third-order valence-corrected chi connectivity index (χ3v) is 5.95. The van der Waals surface area contributed by atoms with Gasteiger partial charge in [0, 0.05) is 57.7 Å². The van der Waals surface area contributed by atoms with Gasteiger partial charge in [-0.3, -0.25) is 4.98 Å². The molecule has 0 amide bonds. The fourth-order valence-electron chi connectivity index (χ4n) is 4.19. The molecule has 0 saturated heterocycles. The second kappa shape index (κ2) is 11.1. The number of pyridine rings is 3. The van der Waals surface area contributed by atoms with Gasteiger partial charge in [-0.1, -0.05) is 35.2 Å². The molecule has 5 heteroatoms. The van der Waals surface area contributed by atoms with E-state index in [0.29, 0.717) is 16.8 Å². The van der Waals surface area contributed by atoms with Crippen LogP contribution in [0.25, 0.3) is 55.4 Å². The Kier molecular flexibility index (Phi) is 5.52. The van der Waals surface area contributed by atoms with Crippen LogP contribution >= 0.6 is 0 Å². The second-order valence-corrected chi connectivity index (χ2v) is 8.35. The van der Waals surface area contributed by atoms with Gasteiger partial charge in [-0.25, -0.2) is 0 Å². The van der Waals surface area contributed by atoms with E-state index >= 15 is 0 Å². The molecule has 0 unspecified atom stereocenters. The topological polar surface area (TPSA) is 51.8 Å². The predicted molar refractivity (Wildman–Crippen MR) is 149 cm³/mol. The van der Waals surface area contributed by atoms with Crippen LogP contribution in [0.15, 0.2) is 108 Å². The molecule has 4 heterocycles. The molecule has 7 aromatic rings. The van der Waals surface area contributed by atoms with Crippen molar-refractivity contribution in [2.75, 3.05) is 0 Å². The van der Waals surface area contributed by atoms with E-state index in [-0.39, 0.29) is 31.2 Å². The predicted octanol–water partition coefficient (Wildman–Crippen LogP) is 8.16. The maximum absolute atomic E-state index is 7.49. The van der Waals surface area contributed by atoms with Crippen molar-refractivity contribution in [1.82, 2.24) is 15.0 Å². The van der Waals surface area contributed by atoms with Crippen molar-refractivity contribution in [3.63, 3.8) is 0 Å². The van der Waals surface area contributed by atoms with Crippen LogP contribution in [0, 0.1) is 25.8 Å². The van der Waals surface area contributed by atoms with Crippen LogP contribution in [0.4, 0.5) is 0 Å². The summed E-state index contributed by atoms with van der Waals surface area (Å²) in [4.78, 5) is 12.8. The molecule has 187 valence electrons. The number of furan rings is 1. The molecule has 1 radical (unpaired) electrons. The fourth-order valence-corrected chi connectivity index (χ4v) is 4.19. The van der Waals surface area contributed by atoms with Crippen LogP contribution in [0.2, 0.25) is 0 Å². The SMILES string of the molecule is [2H]C([2H])([2H])c1ccc(-c2[c-]ccc3c2oc2c4cccnc4ccc32)nc1.[2H]C([2H])([2H])c1ccc(-c2[c-]cccc2)nc1.[Ir]. The first-order valence-electron chi connectivity index (χ1n) is 14.6. The van der Waals surface area contributed by atoms with Crippen molar-refractivity contribution in [3.05, 3.63) is 127 Å². The molecule has 0 fully saturated rings. The summed E-state index contributed by atoms with van der Waals surface area (Å²) in [5, 5.41) is 2.91. The van der Waals surface area contributed by atoms with Gasteiger partial charge in [-0.2, -0.15) is 0 Å². The zero-order valence-electron chi connectivity index (χ0n) is 25.9. The van der Waals surface area contributed by atoms with Crippen molar-refractivity contribution < 1.29 is 32.7 Å². The first-order chi connectivity index (χ1) is 20.6. The molecule has 0 bridgehead atoms. The Labute approximate surface area is 243 Å². The van der Waals surface area contributed by atoms with E-state index in [1.54, 1.807) is 36.5 Å². The van der Waals surface area contributed by atoms with E-state index in [9.17, 15) is 0 Å². The number of nitrogens with zero attached hydrogens (tertiary/aromatic N) is 3. The number of aryl methyl sites for hydroxylation is 2. The summed E-state index contributed by atoms with van der Waals surface area (Å²) >= 11 is 0. The summed E-state index contributed by atoms with van der Waals surface area (Å²) in [6, 6.07) is 31.9. The van der Waals surface area contributed by atoms with Crippen LogP contribution in [-0.2, 0) is 20.1 Å².